The summed E-state index contributed by atoms with van der Waals surface area (Å²) in [5.41, 5.74) is 0.638. The van der Waals surface area contributed by atoms with Crippen LogP contribution in [0.5, 0.6) is 0 Å². The molecule has 1 aromatic carbocycles. The molecule has 0 amide bonds. The molecule has 0 saturated heterocycles. The summed E-state index contributed by atoms with van der Waals surface area (Å²) in [7, 11) is -4.25. The molecule has 4 N–H and O–H groups in total. The van der Waals surface area contributed by atoms with Crippen LogP contribution in [0.1, 0.15) is 12.5 Å². The van der Waals surface area contributed by atoms with Crippen molar-refractivity contribution in [3.63, 3.8) is 0 Å². The molecule has 2 atom stereocenters. The second-order valence-electron chi connectivity index (χ2n) is 4.38. The number of benzene rings is 1. The summed E-state index contributed by atoms with van der Waals surface area (Å²) in [6.45, 7) is 1.13. The number of nitrogens with one attached hydrogen (secondary N) is 2. The molecule has 2 unspecified atom stereocenters. The zero-order valence-electron chi connectivity index (χ0n) is 11.2. The topological polar surface area (TPSA) is 133 Å². The molecule has 8 nitrogen and oxygen atoms in total. The van der Waals surface area contributed by atoms with Gasteiger partial charge in [0.2, 0.25) is 0 Å². The van der Waals surface area contributed by atoms with Gasteiger partial charge in [-0.25, -0.2) is 0 Å². The summed E-state index contributed by atoms with van der Waals surface area (Å²) in [4.78, 5) is 21.7. The monoisotopic (exact) mass is 316 g/mol. The van der Waals surface area contributed by atoms with Gasteiger partial charge in [-0.15, -0.1) is 0 Å². The fraction of sp³-hybridized carbons (Fsp3) is 0.333. The van der Waals surface area contributed by atoms with Gasteiger partial charge >= 0.3 is 11.9 Å². The second-order valence-corrected chi connectivity index (χ2v) is 5.86. The van der Waals surface area contributed by atoms with Gasteiger partial charge < -0.3 is 10.2 Å². The van der Waals surface area contributed by atoms with E-state index in [0.29, 0.717) is 5.56 Å². The lowest BCUT2D eigenvalue weighted by molar-refractivity contribution is -0.139. The lowest BCUT2D eigenvalue weighted by atomic mass is 10.1. The summed E-state index contributed by atoms with van der Waals surface area (Å²) < 4.78 is 27.2. The van der Waals surface area contributed by atoms with Gasteiger partial charge in [0, 0.05) is 0 Å². The van der Waals surface area contributed by atoms with Crippen LogP contribution in [0.3, 0.4) is 0 Å². The van der Waals surface area contributed by atoms with Crippen molar-refractivity contribution in [3.05, 3.63) is 35.9 Å². The maximum absolute atomic E-state index is 11.7. The van der Waals surface area contributed by atoms with Gasteiger partial charge in [0.05, 0.1) is 0 Å². The van der Waals surface area contributed by atoms with Crippen LogP contribution in [0.15, 0.2) is 30.3 Å². The van der Waals surface area contributed by atoms with E-state index in [1.165, 1.54) is 0 Å². The molecule has 1 aromatic rings. The molecule has 0 bridgehead atoms. The Morgan fingerprint density at radius 2 is 1.67 bits per heavy atom. The summed E-state index contributed by atoms with van der Waals surface area (Å²) >= 11 is 0. The van der Waals surface area contributed by atoms with Crippen LogP contribution in [0.2, 0.25) is 0 Å². The van der Waals surface area contributed by atoms with Crippen molar-refractivity contribution in [2.75, 3.05) is 0 Å². The fourth-order valence-electron chi connectivity index (χ4n) is 1.53. The first kappa shape index (κ1) is 17.1. The Kier molecular flexibility index (Phi) is 5.82. The summed E-state index contributed by atoms with van der Waals surface area (Å²) in [5, 5.41) is 17.7. The highest BCUT2D eigenvalue weighted by Gasteiger charge is 2.26. The van der Waals surface area contributed by atoms with Gasteiger partial charge in [0.25, 0.3) is 10.2 Å². The number of carboxylic acid groups (broad SMARTS) is 2. The Hall–Kier alpha value is -1.97. The average Bonchev–Trinajstić information content (AvgIpc) is 2.38. The largest absolute Gasteiger partial charge is 0.480 e. The maximum atomic E-state index is 11.7. The Bertz CT molecular complexity index is 601. The van der Waals surface area contributed by atoms with E-state index in [1.807, 2.05) is 9.44 Å². The fourth-order valence-corrected chi connectivity index (χ4v) is 2.73. The molecule has 0 spiro atoms. The lowest BCUT2D eigenvalue weighted by Crippen LogP contribution is -2.51. The predicted octanol–water partition coefficient (Wildman–Crippen LogP) is -0.421. The van der Waals surface area contributed by atoms with Crippen LogP contribution in [-0.2, 0) is 26.2 Å². The number of hydrogen-bond donors (Lipinski definition) is 4. The normalized spacial score (nSPS) is 14.3. The highest BCUT2D eigenvalue weighted by molar-refractivity contribution is 7.87. The minimum Gasteiger partial charge on any atom is -0.480 e. The highest BCUT2D eigenvalue weighted by atomic mass is 32.2. The number of carboxylic acids is 2. The van der Waals surface area contributed by atoms with Crippen LogP contribution in [0, 0.1) is 0 Å². The molecule has 9 heteroatoms. The SMILES string of the molecule is CC(NS(=O)(=O)NC(Cc1ccccc1)C(=O)O)C(=O)O. The Morgan fingerprint density at radius 3 is 2.14 bits per heavy atom. The van der Waals surface area contributed by atoms with Gasteiger partial charge in [-0.1, -0.05) is 30.3 Å². The van der Waals surface area contributed by atoms with E-state index in [4.69, 9.17) is 10.2 Å². The first-order valence-corrected chi connectivity index (χ1v) is 7.48. The molecule has 0 aliphatic heterocycles. The molecule has 1 rings (SSSR count). The van der Waals surface area contributed by atoms with Crippen molar-refractivity contribution in [1.29, 1.82) is 0 Å². The molecule has 0 aliphatic carbocycles. The molecule has 0 aromatic heterocycles. The number of aliphatic carboxylic acids is 2. The molecule has 0 radical (unpaired) electrons. The van der Waals surface area contributed by atoms with E-state index in [9.17, 15) is 18.0 Å². The first-order valence-electron chi connectivity index (χ1n) is 6.00. The third-order valence-corrected chi connectivity index (χ3v) is 3.84. The standard InChI is InChI=1S/C12H16N2O6S/c1-8(11(15)16)13-21(19,20)14-10(12(17)18)7-9-5-3-2-4-6-9/h2-6,8,10,13-14H,7H2,1H3,(H,15,16)(H,17,18). The third kappa shape index (κ3) is 5.90. The molecule has 0 fully saturated rings. The Labute approximate surface area is 122 Å². The minimum absolute atomic E-state index is 0.0570. The Balaban J connectivity index is 2.79. The van der Waals surface area contributed by atoms with Crippen LogP contribution >= 0.6 is 0 Å². The molecule has 0 saturated carbocycles. The lowest BCUT2D eigenvalue weighted by Gasteiger charge is -2.16. The molecular formula is C12H16N2O6S. The van der Waals surface area contributed by atoms with Crippen molar-refractivity contribution in [1.82, 2.24) is 9.44 Å². The molecular weight excluding hydrogens is 300 g/mol. The predicted molar refractivity (Wildman–Crippen MR) is 73.9 cm³/mol. The van der Waals surface area contributed by atoms with Crippen molar-refractivity contribution in [2.24, 2.45) is 0 Å². The Morgan fingerprint density at radius 1 is 1.10 bits per heavy atom. The van der Waals surface area contributed by atoms with Crippen LogP contribution in [-0.4, -0.2) is 42.7 Å². The second kappa shape index (κ2) is 7.16. The number of hydrogen-bond acceptors (Lipinski definition) is 4. The highest BCUT2D eigenvalue weighted by Crippen LogP contribution is 2.04. The van der Waals surface area contributed by atoms with Crippen LogP contribution in [0.4, 0.5) is 0 Å². The van der Waals surface area contributed by atoms with E-state index in [0.717, 1.165) is 6.92 Å². The van der Waals surface area contributed by atoms with Gasteiger partial charge in [-0.2, -0.15) is 17.9 Å². The van der Waals surface area contributed by atoms with Gasteiger partial charge in [0.15, 0.2) is 0 Å². The van der Waals surface area contributed by atoms with E-state index < -0.39 is 34.2 Å². The van der Waals surface area contributed by atoms with E-state index in [-0.39, 0.29) is 6.42 Å². The summed E-state index contributed by atoms with van der Waals surface area (Å²) in [5.74, 6) is -2.72. The molecule has 116 valence electrons. The third-order valence-electron chi connectivity index (χ3n) is 2.58. The van der Waals surface area contributed by atoms with Crippen molar-refractivity contribution in [2.45, 2.75) is 25.4 Å². The minimum atomic E-state index is -4.25. The van der Waals surface area contributed by atoms with Gasteiger partial charge in [-0.3, -0.25) is 9.59 Å². The van der Waals surface area contributed by atoms with Crippen molar-refractivity contribution < 1.29 is 28.2 Å². The van der Waals surface area contributed by atoms with Gasteiger partial charge in [-0.05, 0) is 18.9 Å². The number of carbonyl (C=O) groups is 2. The van der Waals surface area contributed by atoms with Crippen molar-refractivity contribution in [3.8, 4) is 0 Å². The van der Waals surface area contributed by atoms with E-state index in [2.05, 4.69) is 0 Å². The summed E-state index contributed by atoms with van der Waals surface area (Å²) in [6, 6.07) is 5.72. The maximum Gasteiger partial charge on any atom is 0.322 e. The van der Waals surface area contributed by atoms with Crippen molar-refractivity contribution >= 4 is 22.1 Å². The average molecular weight is 316 g/mol. The summed E-state index contributed by atoms with van der Waals surface area (Å²) in [6.07, 6.45) is -0.0570. The number of rotatable bonds is 8. The quantitative estimate of drug-likeness (QED) is 0.515. The van der Waals surface area contributed by atoms with Crippen LogP contribution < -0.4 is 9.44 Å². The first-order chi connectivity index (χ1) is 9.71. The smallest absolute Gasteiger partial charge is 0.322 e. The zero-order valence-corrected chi connectivity index (χ0v) is 12.0. The molecule has 21 heavy (non-hydrogen) atoms. The van der Waals surface area contributed by atoms with Gasteiger partial charge in [0.1, 0.15) is 12.1 Å². The molecule has 0 heterocycles. The van der Waals surface area contributed by atoms with E-state index >= 15 is 0 Å². The zero-order chi connectivity index (χ0) is 16.0. The molecule has 0 aliphatic rings. The van der Waals surface area contributed by atoms with Crippen LogP contribution in [0.25, 0.3) is 0 Å². The van der Waals surface area contributed by atoms with E-state index in [1.54, 1.807) is 30.3 Å².